The molecular formula is C15H24N2O. The Bertz CT molecular complexity index is 363. The van der Waals surface area contributed by atoms with E-state index < -0.39 is 0 Å². The number of phenolic OH excluding ortho intramolecular Hbond substituents is 1. The van der Waals surface area contributed by atoms with E-state index in [4.69, 9.17) is 5.73 Å². The fourth-order valence-electron chi connectivity index (χ4n) is 2.90. The molecule has 0 amide bonds. The lowest BCUT2D eigenvalue weighted by Crippen LogP contribution is -2.41. The summed E-state index contributed by atoms with van der Waals surface area (Å²) in [6, 6.07) is 8.71. The van der Waals surface area contributed by atoms with E-state index in [1.165, 1.54) is 24.9 Å². The van der Waals surface area contributed by atoms with E-state index >= 15 is 0 Å². The molecule has 1 heterocycles. The van der Waals surface area contributed by atoms with Crippen LogP contribution in [0.3, 0.4) is 0 Å². The fraction of sp³-hybridized carbons (Fsp3) is 0.600. The van der Waals surface area contributed by atoms with Gasteiger partial charge in [0.2, 0.25) is 0 Å². The minimum atomic E-state index is 0.342. The van der Waals surface area contributed by atoms with Crippen LogP contribution in [0, 0.1) is 0 Å². The molecule has 1 aromatic rings. The maximum atomic E-state index is 9.25. The number of likely N-dealkylation sites (tertiary alicyclic amines) is 1. The van der Waals surface area contributed by atoms with Crippen molar-refractivity contribution in [1.82, 2.24) is 4.90 Å². The van der Waals surface area contributed by atoms with Gasteiger partial charge in [0, 0.05) is 18.6 Å². The number of aryl methyl sites for hydroxylation is 1. The van der Waals surface area contributed by atoms with E-state index in [9.17, 15) is 5.11 Å². The SMILES string of the molecule is CC(CCc1ccc(O)cc1)N1CCCC1CN. The van der Waals surface area contributed by atoms with Crippen molar-refractivity contribution in [2.75, 3.05) is 13.1 Å². The normalized spacial score (nSPS) is 22.2. The Labute approximate surface area is 110 Å². The van der Waals surface area contributed by atoms with Gasteiger partial charge in [0.05, 0.1) is 0 Å². The first-order valence-corrected chi connectivity index (χ1v) is 6.94. The van der Waals surface area contributed by atoms with Crippen LogP contribution in [0.2, 0.25) is 0 Å². The van der Waals surface area contributed by atoms with E-state index in [0.717, 1.165) is 19.4 Å². The molecule has 18 heavy (non-hydrogen) atoms. The average Bonchev–Trinajstić information content (AvgIpc) is 2.86. The van der Waals surface area contributed by atoms with Crippen LogP contribution in [-0.2, 0) is 6.42 Å². The van der Waals surface area contributed by atoms with Gasteiger partial charge in [-0.05, 0) is 56.8 Å². The second kappa shape index (κ2) is 6.21. The van der Waals surface area contributed by atoms with E-state index in [1.54, 1.807) is 12.1 Å². The molecule has 3 heteroatoms. The summed E-state index contributed by atoms with van der Waals surface area (Å²) in [6.45, 7) is 4.27. The predicted octanol–water partition coefficient (Wildman–Crippen LogP) is 2.14. The molecule has 1 aliphatic rings. The highest BCUT2D eigenvalue weighted by molar-refractivity contribution is 5.25. The van der Waals surface area contributed by atoms with Crippen molar-refractivity contribution in [3.05, 3.63) is 29.8 Å². The zero-order valence-corrected chi connectivity index (χ0v) is 11.2. The van der Waals surface area contributed by atoms with Crippen LogP contribution in [0.15, 0.2) is 24.3 Å². The van der Waals surface area contributed by atoms with Gasteiger partial charge in [0.25, 0.3) is 0 Å². The number of phenols is 1. The van der Waals surface area contributed by atoms with Crippen LogP contribution >= 0.6 is 0 Å². The molecule has 0 aromatic heterocycles. The molecule has 100 valence electrons. The number of hydrogen-bond donors (Lipinski definition) is 2. The van der Waals surface area contributed by atoms with Crippen molar-refractivity contribution in [1.29, 1.82) is 0 Å². The molecule has 2 rings (SSSR count). The molecular weight excluding hydrogens is 224 g/mol. The summed E-state index contributed by atoms with van der Waals surface area (Å²) >= 11 is 0. The summed E-state index contributed by atoms with van der Waals surface area (Å²) in [6.07, 6.45) is 4.75. The van der Waals surface area contributed by atoms with Crippen LogP contribution in [0.25, 0.3) is 0 Å². The van der Waals surface area contributed by atoms with Gasteiger partial charge in [0.15, 0.2) is 0 Å². The number of nitrogens with two attached hydrogens (primary N) is 1. The second-order valence-electron chi connectivity index (χ2n) is 5.32. The van der Waals surface area contributed by atoms with Crippen LogP contribution in [0.1, 0.15) is 31.7 Å². The van der Waals surface area contributed by atoms with Gasteiger partial charge < -0.3 is 10.8 Å². The third-order valence-electron chi connectivity index (χ3n) is 4.05. The minimum absolute atomic E-state index is 0.342. The van der Waals surface area contributed by atoms with Crippen LogP contribution in [-0.4, -0.2) is 35.2 Å². The van der Waals surface area contributed by atoms with Gasteiger partial charge >= 0.3 is 0 Å². The third-order valence-corrected chi connectivity index (χ3v) is 4.05. The highest BCUT2D eigenvalue weighted by atomic mass is 16.3. The molecule has 2 atom stereocenters. The van der Waals surface area contributed by atoms with Gasteiger partial charge in [0.1, 0.15) is 5.75 Å². The van der Waals surface area contributed by atoms with Crippen molar-refractivity contribution in [3.63, 3.8) is 0 Å². The average molecular weight is 248 g/mol. The van der Waals surface area contributed by atoms with Crippen LogP contribution < -0.4 is 5.73 Å². The van der Waals surface area contributed by atoms with Gasteiger partial charge in [-0.15, -0.1) is 0 Å². The molecule has 0 spiro atoms. The summed E-state index contributed by atoms with van der Waals surface area (Å²) in [5.41, 5.74) is 7.11. The first-order valence-electron chi connectivity index (χ1n) is 6.94. The number of nitrogens with zero attached hydrogens (tertiary/aromatic N) is 1. The lowest BCUT2D eigenvalue weighted by atomic mass is 10.0. The largest absolute Gasteiger partial charge is 0.508 e. The van der Waals surface area contributed by atoms with Crippen molar-refractivity contribution < 1.29 is 5.11 Å². The molecule has 1 saturated heterocycles. The fourth-order valence-corrected chi connectivity index (χ4v) is 2.90. The highest BCUT2D eigenvalue weighted by Crippen LogP contribution is 2.22. The van der Waals surface area contributed by atoms with E-state index in [1.807, 2.05) is 12.1 Å². The Morgan fingerprint density at radius 2 is 2.11 bits per heavy atom. The standard InChI is InChI=1S/C15H24N2O/c1-12(17-10-2-3-14(17)11-16)4-5-13-6-8-15(18)9-7-13/h6-9,12,14,18H,2-5,10-11,16H2,1H3. The Balaban J connectivity index is 1.84. The molecule has 2 unspecified atom stereocenters. The van der Waals surface area contributed by atoms with Gasteiger partial charge in [-0.2, -0.15) is 0 Å². The maximum absolute atomic E-state index is 9.25. The van der Waals surface area contributed by atoms with Gasteiger partial charge in [-0.25, -0.2) is 0 Å². The zero-order chi connectivity index (χ0) is 13.0. The molecule has 1 aromatic carbocycles. The van der Waals surface area contributed by atoms with Gasteiger partial charge in [-0.3, -0.25) is 4.90 Å². The lowest BCUT2D eigenvalue weighted by Gasteiger charge is -2.30. The lowest BCUT2D eigenvalue weighted by molar-refractivity contribution is 0.187. The summed E-state index contributed by atoms with van der Waals surface area (Å²) in [5, 5.41) is 9.25. The summed E-state index contributed by atoms with van der Waals surface area (Å²) in [5.74, 6) is 0.342. The Morgan fingerprint density at radius 1 is 1.39 bits per heavy atom. The van der Waals surface area contributed by atoms with Gasteiger partial charge in [-0.1, -0.05) is 12.1 Å². The summed E-state index contributed by atoms with van der Waals surface area (Å²) in [4.78, 5) is 2.56. The van der Waals surface area contributed by atoms with Crippen LogP contribution in [0.5, 0.6) is 5.75 Å². The third kappa shape index (κ3) is 3.24. The number of hydrogen-bond acceptors (Lipinski definition) is 3. The minimum Gasteiger partial charge on any atom is -0.508 e. The van der Waals surface area contributed by atoms with Crippen molar-refractivity contribution in [2.45, 2.75) is 44.7 Å². The molecule has 1 aliphatic heterocycles. The highest BCUT2D eigenvalue weighted by Gasteiger charge is 2.26. The molecule has 3 N–H and O–H groups in total. The number of rotatable bonds is 5. The topological polar surface area (TPSA) is 49.5 Å². The maximum Gasteiger partial charge on any atom is 0.115 e. The Morgan fingerprint density at radius 3 is 2.78 bits per heavy atom. The van der Waals surface area contributed by atoms with Crippen molar-refractivity contribution in [3.8, 4) is 5.75 Å². The van der Waals surface area contributed by atoms with Crippen molar-refractivity contribution in [2.24, 2.45) is 5.73 Å². The quantitative estimate of drug-likeness (QED) is 0.839. The van der Waals surface area contributed by atoms with E-state index in [-0.39, 0.29) is 0 Å². The predicted molar refractivity (Wildman–Crippen MR) is 74.7 cm³/mol. The number of aromatic hydroxyl groups is 1. The summed E-state index contributed by atoms with van der Waals surface area (Å²) in [7, 11) is 0. The molecule has 1 fully saturated rings. The molecule has 0 bridgehead atoms. The monoisotopic (exact) mass is 248 g/mol. The first-order chi connectivity index (χ1) is 8.70. The smallest absolute Gasteiger partial charge is 0.115 e. The molecule has 3 nitrogen and oxygen atoms in total. The van der Waals surface area contributed by atoms with Crippen molar-refractivity contribution >= 4 is 0 Å². The van der Waals surface area contributed by atoms with E-state index in [2.05, 4.69) is 11.8 Å². The molecule has 0 aliphatic carbocycles. The summed E-state index contributed by atoms with van der Waals surface area (Å²) < 4.78 is 0. The first kappa shape index (κ1) is 13.4. The molecule has 0 radical (unpaired) electrons. The van der Waals surface area contributed by atoms with E-state index in [0.29, 0.717) is 17.8 Å². The molecule has 0 saturated carbocycles. The van der Waals surface area contributed by atoms with Crippen LogP contribution in [0.4, 0.5) is 0 Å². The Hall–Kier alpha value is -1.06. The zero-order valence-electron chi connectivity index (χ0n) is 11.2. The Kier molecular flexibility index (Phi) is 4.61. The number of benzene rings is 1. The second-order valence-corrected chi connectivity index (χ2v) is 5.32.